The third-order valence-electron chi connectivity index (χ3n) is 5.21. The molecule has 1 aromatic rings. The van der Waals surface area contributed by atoms with E-state index in [0.717, 1.165) is 42.8 Å². The highest BCUT2D eigenvalue weighted by atomic mass is 16.3. The van der Waals surface area contributed by atoms with Crippen molar-refractivity contribution < 1.29 is 9.90 Å². The number of hydrogen-bond donors (Lipinski definition) is 2. The van der Waals surface area contributed by atoms with Crippen molar-refractivity contribution in [1.82, 2.24) is 10.2 Å². The summed E-state index contributed by atoms with van der Waals surface area (Å²) >= 11 is 0. The van der Waals surface area contributed by atoms with Crippen LogP contribution in [0.5, 0.6) is 0 Å². The van der Waals surface area contributed by atoms with E-state index in [1.807, 2.05) is 32.0 Å². The molecule has 1 saturated heterocycles. The van der Waals surface area contributed by atoms with Crippen molar-refractivity contribution in [1.29, 1.82) is 0 Å². The third kappa shape index (κ3) is 4.22. The van der Waals surface area contributed by atoms with Gasteiger partial charge >= 0.3 is 0 Å². The van der Waals surface area contributed by atoms with E-state index in [0.29, 0.717) is 18.2 Å². The molecule has 1 aromatic carbocycles. The number of likely N-dealkylation sites (N-methyl/N-ethyl adjacent to an activating group) is 1. The highest BCUT2D eigenvalue weighted by molar-refractivity contribution is 6.07. The normalized spacial score (nSPS) is 21.2. The molecule has 2 N–H and O–H groups in total. The first-order chi connectivity index (χ1) is 12.4. The van der Waals surface area contributed by atoms with Crippen LogP contribution in [-0.2, 0) is 4.79 Å². The summed E-state index contributed by atoms with van der Waals surface area (Å²) in [5.41, 5.74) is 3.46. The lowest BCUT2D eigenvalue weighted by Gasteiger charge is -2.26. The molecule has 3 rings (SSSR count). The molecule has 0 aliphatic carbocycles. The molecule has 2 aliphatic rings. The van der Waals surface area contributed by atoms with Gasteiger partial charge in [-0.15, -0.1) is 0 Å². The van der Waals surface area contributed by atoms with Gasteiger partial charge in [-0.3, -0.25) is 4.79 Å². The van der Waals surface area contributed by atoms with E-state index < -0.39 is 0 Å². The molecular weight excluding hydrogens is 326 g/mol. The van der Waals surface area contributed by atoms with Crippen LogP contribution in [0.15, 0.2) is 46.6 Å². The van der Waals surface area contributed by atoms with Gasteiger partial charge < -0.3 is 15.3 Å². The number of carbonyl (C=O) groups is 1. The van der Waals surface area contributed by atoms with E-state index in [9.17, 15) is 9.90 Å². The Hall–Kier alpha value is -1.98. The Bertz CT molecular complexity index is 722. The quantitative estimate of drug-likeness (QED) is 0.851. The Balaban J connectivity index is 1.91. The molecule has 1 amide bonds. The fourth-order valence-corrected chi connectivity index (χ4v) is 3.52. The predicted molar refractivity (Wildman–Crippen MR) is 104 cm³/mol. The van der Waals surface area contributed by atoms with Crippen LogP contribution >= 0.6 is 0 Å². The maximum absolute atomic E-state index is 12.9. The molecule has 2 heterocycles. The summed E-state index contributed by atoms with van der Waals surface area (Å²) in [5, 5.41) is 12.4. The van der Waals surface area contributed by atoms with Crippen LogP contribution in [0.4, 0.5) is 0 Å². The molecule has 1 atom stereocenters. The minimum absolute atomic E-state index is 0.0303. The van der Waals surface area contributed by atoms with E-state index >= 15 is 0 Å². The minimum Gasteiger partial charge on any atom is -0.396 e. The maximum Gasteiger partial charge on any atom is 0.269 e. The summed E-state index contributed by atoms with van der Waals surface area (Å²) < 4.78 is 0. The smallest absolute Gasteiger partial charge is 0.269 e. The zero-order valence-electron chi connectivity index (χ0n) is 16.0. The van der Waals surface area contributed by atoms with Crippen molar-refractivity contribution in [3.05, 3.63) is 47.2 Å². The summed E-state index contributed by atoms with van der Waals surface area (Å²) in [6.07, 6.45) is 1.95. The molecular formula is C21H29N3O2. The van der Waals surface area contributed by atoms with Crippen LogP contribution in [0, 0.1) is 11.3 Å². The van der Waals surface area contributed by atoms with Gasteiger partial charge in [0, 0.05) is 31.0 Å². The molecule has 0 aromatic heterocycles. The van der Waals surface area contributed by atoms with E-state index in [2.05, 4.69) is 29.4 Å². The largest absolute Gasteiger partial charge is 0.396 e. The fourth-order valence-electron chi connectivity index (χ4n) is 3.52. The van der Waals surface area contributed by atoms with E-state index in [-0.39, 0.29) is 17.9 Å². The summed E-state index contributed by atoms with van der Waals surface area (Å²) in [7, 11) is 2.10. The van der Waals surface area contributed by atoms with Crippen LogP contribution in [0.2, 0.25) is 0 Å². The number of nitrogens with zero attached hydrogens (tertiary/aromatic N) is 2. The van der Waals surface area contributed by atoms with Crippen molar-refractivity contribution in [3.8, 4) is 0 Å². The van der Waals surface area contributed by atoms with Crippen LogP contribution < -0.4 is 5.32 Å². The summed E-state index contributed by atoms with van der Waals surface area (Å²) in [6.45, 7) is 6.11. The first-order valence-electron chi connectivity index (χ1n) is 9.33. The van der Waals surface area contributed by atoms with Crippen molar-refractivity contribution in [2.24, 2.45) is 16.3 Å². The molecule has 0 saturated carbocycles. The molecule has 1 fully saturated rings. The Morgan fingerprint density at radius 1 is 1.35 bits per heavy atom. The molecule has 140 valence electrons. The molecule has 2 bridgehead atoms. The predicted octanol–water partition coefficient (Wildman–Crippen LogP) is 2.22. The number of nitrogens with one attached hydrogen (secondary N) is 1. The molecule has 5 heteroatoms. The minimum atomic E-state index is -0.343. The average Bonchev–Trinajstić information content (AvgIpc) is 2.80. The van der Waals surface area contributed by atoms with Crippen molar-refractivity contribution in [2.45, 2.75) is 26.7 Å². The van der Waals surface area contributed by atoms with Crippen molar-refractivity contribution >= 4 is 11.6 Å². The van der Waals surface area contributed by atoms with E-state index in [1.54, 1.807) is 0 Å². The van der Waals surface area contributed by atoms with Gasteiger partial charge in [-0.2, -0.15) is 0 Å². The van der Waals surface area contributed by atoms with Gasteiger partial charge in [0.15, 0.2) is 0 Å². The van der Waals surface area contributed by atoms with Gasteiger partial charge in [0.2, 0.25) is 0 Å². The first-order valence-corrected chi connectivity index (χ1v) is 9.33. The number of likely N-dealkylation sites (tertiary alicyclic amines) is 1. The monoisotopic (exact) mass is 355 g/mol. The van der Waals surface area contributed by atoms with Crippen molar-refractivity contribution in [3.63, 3.8) is 0 Å². The number of hydrogen-bond acceptors (Lipinski definition) is 4. The Morgan fingerprint density at radius 3 is 2.77 bits per heavy atom. The number of aliphatic hydroxyl groups excluding tert-OH is 1. The Morgan fingerprint density at radius 2 is 2.08 bits per heavy atom. The van der Waals surface area contributed by atoms with Gasteiger partial charge in [0.1, 0.15) is 5.70 Å². The first kappa shape index (κ1) is 18.8. The lowest BCUT2D eigenvalue weighted by Crippen LogP contribution is -2.38. The van der Waals surface area contributed by atoms with Gasteiger partial charge in [-0.05, 0) is 37.6 Å². The SMILES string of the molecule is CN1CCC2CC(=C(C(=O)NCC(C)(C)CO)N=C2c2ccccc2)C1. The summed E-state index contributed by atoms with van der Waals surface area (Å²) in [5.74, 6) is 0.228. The maximum atomic E-state index is 12.9. The number of fused-ring (bicyclic) bond motifs is 2. The van der Waals surface area contributed by atoms with Crippen LogP contribution in [0.3, 0.4) is 0 Å². The standard InChI is InChI=1S/C21H29N3O2/c1-21(2,14-25)13-22-20(26)19-17-11-16(9-10-24(3)12-17)18(23-19)15-7-5-4-6-8-15/h4-8,16,25H,9-14H2,1-3H3,(H,22,26). The van der Waals surface area contributed by atoms with Crippen LogP contribution in [0.1, 0.15) is 32.3 Å². The zero-order chi connectivity index (χ0) is 18.7. The molecule has 0 spiro atoms. The molecule has 5 nitrogen and oxygen atoms in total. The second-order valence-electron chi connectivity index (χ2n) is 8.25. The topological polar surface area (TPSA) is 64.9 Å². The molecule has 26 heavy (non-hydrogen) atoms. The number of rotatable bonds is 5. The summed E-state index contributed by atoms with van der Waals surface area (Å²) in [4.78, 5) is 20.0. The molecule has 2 aliphatic heterocycles. The zero-order valence-corrected chi connectivity index (χ0v) is 16.0. The number of benzene rings is 1. The van der Waals surface area contributed by atoms with Gasteiger partial charge in [-0.25, -0.2) is 4.99 Å². The highest BCUT2D eigenvalue weighted by Gasteiger charge is 2.32. The van der Waals surface area contributed by atoms with Crippen molar-refractivity contribution in [2.75, 3.05) is 33.3 Å². The molecule has 1 unspecified atom stereocenters. The number of amides is 1. The van der Waals surface area contributed by atoms with Gasteiger partial charge in [0.25, 0.3) is 5.91 Å². The van der Waals surface area contributed by atoms with Crippen LogP contribution in [0.25, 0.3) is 0 Å². The number of aliphatic imine (C=N–C) groups is 1. The number of carbonyl (C=O) groups excluding carboxylic acids is 1. The fraction of sp³-hybridized carbons (Fsp3) is 0.524. The Labute approximate surface area is 155 Å². The summed E-state index contributed by atoms with van der Waals surface area (Å²) in [6, 6.07) is 10.2. The Kier molecular flexibility index (Phi) is 5.58. The number of aliphatic hydroxyl groups is 1. The van der Waals surface area contributed by atoms with Crippen LogP contribution in [-0.4, -0.2) is 54.9 Å². The van der Waals surface area contributed by atoms with Gasteiger partial charge in [-0.1, -0.05) is 44.2 Å². The molecule has 0 radical (unpaired) electrons. The van der Waals surface area contributed by atoms with E-state index in [1.165, 1.54) is 0 Å². The average molecular weight is 355 g/mol. The highest BCUT2D eigenvalue weighted by Crippen LogP contribution is 2.32. The second-order valence-corrected chi connectivity index (χ2v) is 8.25. The lowest BCUT2D eigenvalue weighted by molar-refractivity contribution is -0.118. The second kappa shape index (κ2) is 7.72. The third-order valence-corrected chi connectivity index (χ3v) is 5.21. The van der Waals surface area contributed by atoms with E-state index in [4.69, 9.17) is 4.99 Å². The lowest BCUT2D eigenvalue weighted by atomic mass is 9.85. The van der Waals surface area contributed by atoms with Gasteiger partial charge in [0.05, 0.1) is 5.71 Å².